The van der Waals surface area contributed by atoms with E-state index in [2.05, 4.69) is 15.9 Å². The van der Waals surface area contributed by atoms with Crippen molar-refractivity contribution in [2.24, 2.45) is 5.92 Å². The van der Waals surface area contributed by atoms with Gasteiger partial charge in [0, 0.05) is 4.47 Å². The molecule has 90 valence electrons. The molecule has 0 saturated carbocycles. The molecule has 1 atom stereocenters. The van der Waals surface area contributed by atoms with Gasteiger partial charge < -0.3 is 0 Å². The van der Waals surface area contributed by atoms with Crippen molar-refractivity contribution in [3.63, 3.8) is 0 Å². The van der Waals surface area contributed by atoms with Crippen LogP contribution in [0.5, 0.6) is 0 Å². The summed E-state index contributed by atoms with van der Waals surface area (Å²) in [5, 5.41) is 0. The van der Waals surface area contributed by atoms with Crippen molar-refractivity contribution in [3.05, 3.63) is 34.3 Å². The number of hydrogen-bond acceptors (Lipinski definition) is 0. The summed E-state index contributed by atoms with van der Waals surface area (Å²) in [4.78, 5) is 0. The molecule has 0 saturated heterocycles. The first-order valence-electron chi connectivity index (χ1n) is 5.13. The van der Waals surface area contributed by atoms with Crippen LogP contribution in [0, 0.1) is 5.92 Å². The standard InChI is InChI=1S/C12H14BrF3/c1-8(2)6-11(12(14,15)16)9-4-3-5-10(13)7-9/h3-5,7-8,11H,6H2,1-2H3. The van der Waals surface area contributed by atoms with Gasteiger partial charge in [-0.3, -0.25) is 0 Å². The van der Waals surface area contributed by atoms with Crippen molar-refractivity contribution in [1.29, 1.82) is 0 Å². The van der Waals surface area contributed by atoms with Crippen LogP contribution in [0.1, 0.15) is 31.7 Å². The highest BCUT2D eigenvalue weighted by molar-refractivity contribution is 9.10. The average Bonchev–Trinajstić information content (AvgIpc) is 2.12. The predicted molar refractivity (Wildman–Crippen MR) is 62.4 cm³/mol. The second kappa shape index (κ2) is 5.21. The first-order chi connectivity index (χ1) is 7.30. The van der Waals surface area contributed by atoms with Gasteiger partial charge in [0.25, 0.3) is 0 Å². The third-order valence-corrected chi connectivity index (χ3v) is 2.85. The van der Waals surface area contributed by atoms with Crippen molar-refractivity contribution < 1.29 is 13.2 Å². The van der Waals surface area contributed by atoms with Gasteiger partial charge in [0.15, 0.2) is 0 Å². The third-order valence-electron chi connectivity index (χ3n) is 2.35. The summed E-state index contributed by atoms with van der Waals surface area (Å²) in [6.45, 7) is 3.60. The van der Waals surface area contributed by atoms with Crippen LogP contribution in [-0.2, 0) is 0 Å². The highest BCUT2D eigenvalue weighted by atomic mass is 79.9. The molecule has 0 fully saturated rings. The zero-order chi connectivity index (χ0) is 12.3. The lowest BCUT2D eigenvalue weighted by molar-refractivity contribution is -0.153. The third kappa shape index (κ3) is 3.81. The van der Waals surface area contributed by atoms with E-state index in [1.807, 2.05) is 0 Å². The Morgan fingerprint density at radius 1 is 1.25 bits per heavy atom. The Kier molecular flexibility index (Phi) is 4.42. The molecular formula is C12H14BrF3. The zero-order valence-electron chi connectivity index (χ0n) is 9.18. The van der Waals surface area contributed by atoms with Crippen LogP contribution in [-0.4, -0.2) is 6.18 Å². The fraction of sp³-hybridized carbons (Fsp3) is 0.500. The normalized spacial score (nSPS) is 14.2. The molecule has 0 N–H and O–H groups in total. The highest BCUT2D eigenvalue weighted by Crippen LogP contribution is 2.39. The number of alkyl halides is 3. The van der Waals surface area contributed by atoms with Crippen molar-refractivity contribution in [2.75, 3.05) is 0 Å². The van der Waals surface area contributed by atoms with E-state index in [0.29, 0.717) is 10.0 Å². The summed E-state index contributed by atoms with van der Waals surface area (Å²) in [7, 11) is 0. The molecule has 0 nitrogen and oxygen atoms in total. The molecule has 1 rings (SSSR count). The Labute approximate surface area is 102 Å². The molecule has 0 heterocycles. The quantitative estimate of drug-likeness (QED) is 0.724. The van der Waals surface area contributed by atoms with Crippen molar-refractivity contribution in [1.82, 2.24) is 0 Å². The van der Waals surface area contributed by atoms with Gasteiger partial charge >= 0.3 is 6.18 Å². The first-order valence-corrected chi connectivity index (χ1v) is 5.92. The smallest absolute Gasteiger partial charge is 0.170 e. The van der Waals surface area contributed by atoms with E-state index < -0.39 is 12.1 Å². The SMILES string of the molecule is CC(C)CC(c1cccc(Br)c1)C(F)(F)F. The zero-order valence-corrected chi connectivity index (χ0v) is 10.8. The molecule has 4 heteroatoms. The molecule has 1 aromatic rings. The topological polar surface area (TPSA) is 0 Å². The lowest BCUT2D eigenvalue weighted by atomic mass is 9.90. The average molecular weight is 295 g/mol. The summed E-state index contributed by atoms with van der Waals surface area (Å²) >= 11 is 3.20. The molecule has 1 unspecified atom stereocenters. The molecule has 0 radical (unpaired) electrons. The number of rotatable bonds is 3. The monoisotopic (exact) mass is 294 g/mol. The maximum atomic E-state index is 12.9. The van der Waals surface area contributed by atoms with Gasteiger partial charge in [0.2, 0.25) is 0 Å². The van der Waals surface area contributed by atoms with Gasteiger partial charge in [0.1, 0.15) is 0 Å². The van der Waals surface area contributed by atoms with E-state index in [1.165, 1.54) is 6.07 Å². The molecule has 0 spiro atoms. The fourth-order valence-electron chi connectivity index (χ4n) is 1.65. The molecule has 16 heavy (non-hydrogen) atoms. The molecule has 0 aliphatic carbocycles. The van der Waals surface area contributed by atoms with Crippen molar-refractivity contribution in [3.8, 4) is 0 Å². The van der Waals surface area contributed by atoms with Gasteiger partial charge in [-0.2, -0.15) is 13.2 Å². The molecule has 1 aromatic carbocycles. The van der Waals surface area contributed by atoms with Gasteiger partial charge in [-0.1, -0.05) is 41.9 Å². The Hall–Kier alpha value is -0.510. The van der Waals surface area contributed by atoms with Crippen LogP contribution in [0.15, 0.2) is 28.7 Å². The van der Waals surface area contributed by atoms with Gasteiger partial charge in [-0.25, -0.2) is 0 Å². The molecule has 0 amide bonds. The Balaban J connectivity index is 3.01. The van der Waals surface area contributed by atoms with Crippen LogP contribution in [0.4, 0.5) is 13.2 Å². The Morgan fingerprint density at radius 2 is 1.88 bits per heavy atom. The molecular weight excluding hydrogens is 281 g/mol. The lowest BCUT2D eigenvalue weighted by Gasteiger charge is -2.22. The van der Waals surface area contributed by atoms with E-state index in [1.54, 1.807) is 32.0 Å². The van der Waals surface area contributed by atoms with Crippen LogP contribution in [0.25, 0.3) is 0 Å². The minimum atomic E-state index is -4.18. The highest BCUT2D eigenvalue weighted by Gasteiger charge is 2.40. The number of hydrogen-bond donors (Lipinski definition) is 0. The van der Waals surface area contributed by atoms with E-state index in [-0.39, 0.29) is 12.3 Å². The van der Waals surface area contributed by atoms with Crippen LogP contribution in [0.3, 0.4) is 0 Å². The maximum Gasteiger partial charge on any atom is 0.395 e. The second-order valence-electron chi connectivity index (χ2n) is 4.28. The van der Waals surface area contributed by atoms with Crippen molar-refractivity contribution >= 4 is 15.9 Å². The molecule has 0 bridgehead atoms. The van der Waals surface area contributed by atoms with Crippen LogP contribution >= 0.6 is 15.9 Å². The summed E-state index contributed by atoms with van der Waals surface area (Å²) in [5.41, 5.74) is 0.329. The number of benzene rings is 1. The molecule has 0 aromatic heterocycles. The maximum absolute atomic E-state index is 12.9. The van der Waals surface area contributed by atoms with E-state index in [0.717, 1.165) is 0 Å². The molecule has 0 aliphatic rings. The van der Waals surface area contributed by atoms with Crippen molar-refractivity contribution in [2.45, 2.75) is 32.4 Å². The van der Waals surface area contributed by atoms with Crippen LogP contribution < -0.4 is 0 Å². The van der Waals surface area contributed by atoms with E-state index in [4.69, 9.17) is 0 Å². The summed E-state index contributed by atoms with van der Waals surface area (Å²) in [5.74, 6) is -1.35. The largest absolute Gasteiger partial charge is 0.395 e. The second-order valence-corrected chi connectivity index (χ2v) is 5.19. The fourth-order valence-corrected chi connectivity index (χ4v) is 2.07. The van der Waals surface area contributed by atoms with Gasteiger partial charge in [0.05, 0.1) is 5.92 Å². The summed E-state index contributed by atoms with van der Waals surface area (Å²) in [6, 6.07) is 6.44. The van der Waals surface area contributed by atoms with Crippen LogP contribution in [0.2, 0.25) is 0 Å². The predicted octanol–water partition coefficient (Wildman–Crippen LogP) is 5.14. The molecule has 0 aliphatic heterocycles. The Morgan fingerprint density at radius 3 is 2.31 bits per heavy atom. The Bertz CT molecular complexity index is 344. The minimum absolute atomic E-state index is 0.0191. The number of halogens is 4. The minimum Gasteiger partial charge on any atom is -0.170 e. The van der Waals surface area contributed by atoms with E-state index in [9.17, 15) is 13.2 Å². The summed E-state index contributed by atoms with van der Waals surface area (Å²) < 4.78 is 39.3. The van der Waals surface area contributed by atoms with E-state index >= 15 is 0 Å². The first kappa shape index (κ1) is 13.6. The van der Waals surface area contributed by atoms with Gasteiger partial charge in [-0.15, -0.1) is 0 Å². The van der Waals surface area contributed by atoms with Gasteiger partial charge in [-0.05, 0) is 30.0 Å². The summed E-state index contributed by atoms with van der Waals surface area (Å²) in [6.07, 6.45) is -4.05. The lowest BCUT2D eigenvalue weighted by Crippen LogP contribution is -2.22.